The highest BCUT2D eigenvalue weighted by Crippen LogP contribution is 2.36. The largest absolute Gasteiger partial charge is 0.497 e. The number of aromatic nitrogens is 1. The number of hydrogen-bond donors (Lipinski definition) is 2. The summed E-state index contributed by atoms with van der Waals surface area (Å²) in [6.45, 7) is 4.17. The van der Waals surface area contributed by atoms with Gasteiger partial charge in [-0.2, -0.15) is 0 Å². The third kappa shape index (κ3) is 4.70. The summed E-state index contributed by atoms with van der Waals surface area (Å²) in [6, 6.07) is 18.7. The summed E-state index contributed by atoms with van der Waals surface area (Å²) in [5.74, 6) is 1.63. The van der Waals surface area contributed by atoms with E-state index in [4.69, 9.17) is 14.2 Å². The molecule has 0 radical (unpaired) electrons. The zero-order chi connectivity index (χ0) is 25.2. The number of fused-ring (bicyclic) bond motifs is 2. The molecule has 1 aromatic heterocycles. The normalized spacial score (nSPS) is 12.0. The first kappa shape index (κ1) is 23.3. The van der Waals surface area contributed by atoms with E-state index in [1.807, 2.05) is 68.4 Å². The Morgan fingerprint density at radius 1 is 1.00 bits per heavy atom. The number of amides is 1. The average molecular weight is 486 g/mol. The number of hydrogen-bond acceptors (Lipinski definition) is 6. The predicted molar refractivity (Wildman–Crippen MR) is 139 cm³/mol. The number of rotatable bonds is 7. The molecule has 3 aromatic carbocycles. The molecule has 0 spiro atoms. The maximum absolute atomic E-state index is 13.6. The monoisotopic (exact) mass is 485 g/mol. The van der Waals surface area contributed by atoms with E-state index in [2.05, 4.69) is 10.6 Å². The molecule has 0 fully saturated rings. The van der Waals surface area contributed by atoms with Crippen LogP contribution in [0.2, 0.25) is 0 Å². The zero-order valence-corrected chi connectivity index (χ0v) is 20.4. The number of carbonyl (C=O) groups excluding carboxylic acids is 1. The lowest BCUT2D eigenvalue weighted by atomic mass is 10.1. The number of aryl methyl sites for hydroxylation is 2. The Balaban J connectivity index is 1.48. The Morgan fingerprint density at radius 2 is 1.75 bits per heavy atom. The minimum atomic E-state index is -0.287. The van der Waals surface area contributed by atoms with E-state index in [0.717, 1.165) is 33.6 Å². The number of methoxy groups -OCH3 is 1. The lowest BCUT2D eigenvalue weighted by Crippen LogP contribution is -2.30. The minimum Gasteiger partial charge on any atom is -0.497 e. The molecule has 1 amide bonds. The number of pyridine rings is 1. The van der Waals surface area contributed by atoms with Gasteiger partial charge in [0.15, 0.2) is 11.5 Å². The van der Waals surface area contributed by atoms with Gasteiger partial charge in [0.25, 0.3) is 5.56 Å². The molecule has 8 nitrogen and oxygen atoms in total. The van der Waals surface area contributed by atoms with Crippen LogP contribution in [0, 0.1) is 13.8 Å². The molecule has 4 aromatic rings. The fourth-order valence-electron chi connectivity index (χ4n) is 4.22. The van der Waals surface area contributed by atoms with Crippen LogP contribution in [0.25, 0.3) is 10.9 Å². The molecule has 8 heteroatoms. The second-order valence-corrected chi connectivity index (χ2v) is 8.77. The molecule has 0 unspecified atom stereocenters. The second kappa shape index (κ2) is 9.65. The second-order valence-electron chi connectivity index (χ2n) is 8.77. The van der Waals surface area contributed by atoms with Crippen LogP contribution in [-0.2, 0) is 17.9 Å². The van der Waals surface area contributed by atoms with E-state index in [1.165, 1.54) is 4.57 Å². The lowest BCUT2D eigenvalue weighted by Gasteiger charge is -2.15. The molecule has 2 heterocycles. The molecule has 36 heavy (non-hydrogen) atoms. The van der Waals surface area contributed by atoms with Gasteiger partial charge in [-0.3, -0.25) is 14.2 Å². The van der Waals surface area contributed by atoms with Crippen LogP contribution in [0.5, 0.6) is 17.2 Å². The molecular weight excluding hydrogens is 458 g/mol. The average Bonchev–Trinajstić information content (AvgIpc) is 3.33. The summed E-state index contributed by atoms with van der Waals surface area (Å²) in [6.07, 6.45) is 0. The van der Waals surface area contributed by atoms with E-state index in [-0.39, 0.29) is 31.3 Å². The molecule has 0 saturated heterocycles. The Kier molecular flexibility index (Phi) is 6.25. The summed E-state index contributed by atoms with van der Waals surface area (Å²) >= 11 is 0. The van der Waals surface area contributed by atoms with Gasteiger partial charge in [-0.15, -0.1) is 0 Å². The van der Waals surface area contributed by atoms with Crippen molar-refractivity contribution in [3.63, 3.8) is 0 Å². The van der Waals surface area contributed by atoms with E-state index in [9.17, 15) is 9.59 Å². The molecule has 0 atom stereocenters. The molecule has 1 aliphatic heterocycles. The predicted octanol–water partition coefficient (Wildman–Crippen LogP) is 4.61. The molecule has 2 N–H and O–H groups in total. The molecule has 0 bridgehead atoms. The van der Waals surface area contributed by atoms with Crippen molar-refractivity contribution in [2.24, 2.45) is 0 Å². The first-order valence-electron chi connectivity index (χ1n) is 11.6. The van der Waals surface area contributed by atoms with Crippen LogP contribution in [-0.4, -0.2) is 24.4 Å². The SMILES string of the molecule is COc1ccc(NCc2cc3cc4c(cc3n(CC(=O)Nc3cc(C)ccc3C)c2=O)OCO4)cc1. The van der Waals surface area contributed by atoms with Crippen LogP contribution >= 0.6 is 0 Å². The standard InChI is InChI=1S/C28H27N3O5/c1-17-4-5-18(2)23(10-17)30-27(32)15-31-24-13-26-25(35-16-36-26)12-19(24)11-20(28(31)33)14-29-21-6-8-22(34-3)9-7-21/h4-13,29H,14-16H2,1-3H3,(H,30,32). The molecule has 1 aliphatic rings. The third-order valence-corrected chi connectivity index (χ3v) is 6.20. The van der Waals surface area contributed by atoms with E-state index in [0.29, 0.717) is 22.6 Å². The van der Waals surface area contributed by atoms with Crippen molar-refractivity contribution in [2.45, 2.75) is 26.9 Å². The fourth-order valence-corrected chi connectivity index (χ4v) is 4.22. The maximum atomic E-state index is 13.6. The van der Waals surface area contributed by atoms with E-state index < -0.39 is 0 Å². The van der Waals surface area contributed by atoms with Gasteiger partial charge >= 0.3 is 0 Å². The molecule has 184 valence electrons. The van der Waals surface area contributed by atoms with Crippen molar-refractivity contribution in [2.75, 3.05) is 24.5 Å². The minimum absolute atomic E-state index is 0.120. The van der Waals surface area contributed by atoms with Crippen LogP contribution in [0.3, 0.4) is 0 Å². The Morgan fingerprint density at radius 3 is 2.50 bits per heavy atom. The number of nitrogens with one attached hydrogen (secondary N) is 2. The van der Waals surface area contributed by atoms with Gasteiger partial charge in [-0.05, 0) is 67.4 Å². The smallest absolute Gasteiger partial charge is 0.256 e. The van der Waals surface area contributed by atoms with Gasteiger partial charge in [0.2, 0.25) is 12.7 Å². The number of benzene rings is 3. The molecular formula is C28H27N3O5. The molecule has 5 rings (SSSR count). The highest BCUT2D eigenvalue weighted by atomic mass is 16.7. The fraction of sp³-hybridized carbons (Fsp3) is 0.214. The highest BCUT2D eigenvalue weighted by molar-refractivity contribution is 5.93. The number of nitrogens with zero attached hydrogens (tertiary/aromatic N) is 1. The number of ether oxygens (including phenoxy) is 3. The summed E-state index contributed by atoms with van der Waals surface area (Å²) in [5, 5.41) is 7.01. The van der Waals surface area contributed by atoms with Crippen LogP contribution < -0.4 is 30.4 Å². The van der Waals surface area contributed by atoms with Crippen molar-refractivity contribution in [1.82, 2.24) is 4.57 Å². The van der Waals surface area contributed by atoms with Crippen LogP contribution in [0.1, 0.15) is 16.7 Å². The lowest BCUT2D eigenvalue weighted by molar-refractivity contribution is -0.116. The highest BCUT2D eigenvalue weighted by Gasteiger charge is 2.19. The maximum Gasteiger partial charge on any atom is 0.256 e. The van der Waals surface area contributed by atoms with Gasteiger partial charge < -0.3 is 24.8 Å². The summed E-state index contributed by atoms with van der Waals surface area (Å²) in [7, 11) is 1.61. The first-order valence-corrected chi connectivity index (χ1v) is 11.6. The van der Waals surface area contributed by atoms with Crippen molar-refractivity contribution in [3.05, 3.63) is 87.7 Å². The Bertz CT molecular complexity index is 1510. The van der Waals surface area contributed by atoms with E-state index >= 15 is 0 Å². The summed E-state index contributed by atoms with van der Waals surface area (Å²) in [4.78, 5) is 26.6. The van der Waals surface area contributed by atoms with Crippen molar-refractivity contribution < 1.29 is 19.0 Å². The summed E-state index contributed by atoms with van der Waals surface area (Å²) in [5.41, 5.74) is 4.45. The first-order chi connectivity index (χ1) is 17.4. The van der Waals surface area contributed by atoms with Crippen LogP contribution in [0.4, 0.5) is 11.4 Å². The van der Waals surface area contributed by atoms with E-state index in [1.54, 1.807) is 13.2 Å². The number of anilines is 2. The van der Waals surface area contributed by atoms with Crippen LogP contribution in [0.15, 0.2) is 65.5 Å². The zero-order valence-electron chi connectivity index (χ0n) is 20.4. The van der Waals surface area contributed by atoms with Gasteiger partial charge in [0, 0.05) is 34.9 Å². The van der Waals surface area contributed by atoms with Gasteiger partial charge in [-0.25, -0.2) is 0 Å². The summed E-state index contributed by atoms with van der Waals surface area (Å²) < 4.78 is 17.8. The van der Waals surface area contributed by atoms with Gasteiger partial charge in [-0.1, -0.05) is 12.1 Å². The topological polar surface area (TPSA) is 90.8 Å². The van der Waals surface area contributed by atoms with Crippen molar-refractivity contribution >= 4 is 28.2 Å². The third-order valence-electron chi connectivity index (χ3n) is 6.20. The molecule has 0 aliphatic carbocycles. The van der Waals surface area contributed by atoms with Crippen molar-refractivity contribution in [1.29, 1.82) is 0 Å². The van der Waals surface area contributed by atoms with Gasteiger partial charge in [0.05, 0.1) is 12.6 Å². The number of carbonyl (C=O) groups is 1. The molecule has 0 saturated carbocycles. The van der Waals surface area contributed by atoms with Gasteiger partial charge in [0.1, 0.15) is 12.3 Å². The quantitative estimate of drug-likeness (QED) is 0.397. The van der Waals surface area contributed by atoms with Crippen molar-refractivity contribution in [3.8, 4) is 17.2 Å². The Labute approximate surface area is 208 Å². The Hall–Kier alpha value is -4.46.